The summed E-state index contributed by atoms with van der Waals surface area (Å²) in [7, 11) is 0. The van der Waals surface area contributed by atoms with Gasteiger partial charge in [0.2, 0.25) is 5.91 Å². The molecule has 0 radical (unpaired) electrons. The third-order valence-electron chi connectivity index (χ3n) is 3.19. The van der Waals surface area contributed by atoms with Gasteiger partial charge in [0.25, 0.3) is 0 Å². The maximum atomic E-state index is 11.8. The maximum Gasteiger partial charge on any atom is 0.242 e. The molecule has 0 aliphatic carbocycles. The zero-order valence-electron chi connectivity index (χ0n) is 11.5. The molecule has 19 heavy (non-hydrogen) atoms. The average Bonchev–Trinajstić information content (AvgIpc) is 2.45. The smallest absolute Gasteiger partial charge is 0.242 e. The highest BCUT2D eigenvalue weighted by molar-refractivity contribution is 5.86. The van der Waals surface area contributed by atoms with E-state index in [-0.39, 0.29) is 11.9 Å². The van der Waals surface area contributed by atoms with Gasteiger partial charge in [-0.3, -0.25) is 9.78 Å². The lowest BCUT2D eigenvalue weighted by atomic mass is 10.1. The van der Waals surface area contributed by atoms with E-state index in [1.807, 2.05) is 11.8 Å². The summed E-state index contributed by atoms with van der Waals surface area (Å²) in [5, 5.41) is 6.10. The molecule has 1 saturated heterocycles. The highest BCUT2D eigenvalue weighted by Crippen LogP contribution is 2.18. The molecule has 2 rings (SSSR count). The quantitative estimate of drug-likeness (QED) is 0.830. The molecule has 104 valence electrons. The molecule has 1 amide bonds. The van der Waals surface area contributed by atoms with Gasteiger partial charge in [0, 0.05) is 19.6 Å². The van der Waals surface area contributed by atoms with Crippen LogP contribution in [0.15, 0.2) is 12.4 Å². The van der Waals surface area contributed by atoms with Crippen molar-refractivity contribution in [1.29, 1.82) is 0 Å². The van der Waals surface area contributed by atoms with Crippen LogP contribution in [0.5, 0.6) is 0 Å². The van der Waals surface area contributed by atoms with Crippen LogP contribution in [0, 0.1) is 0 Å². The Kier molecular flexibility index (Phi) is 4.54. The minimum Gasteiger partial charge on any atom is -0.369 e. The molecule has 1 aliphatic rings. The van der Waals surface area contributed by atoms with E-state index >= 15 is 0 Å². The Morgan fingerprint density at radius 3 is 3.05 bits per heavy atom. The Labute approximate surface area is 113 Å². The van der Waals surface area contributed by atoms with Crippen LogP contribution in [0.3, 0.4) is 0 Å². The molecule has 0 bridgehead atoms. The van der Waals surface area contributed by atoms with E-state index in [0.29, 0.717) is 6.54 Å². The van der Waals surface area contributed by atoms with Gasteiger partial charge < -0.3 is 15.5 Å². The molecule has 6 nitrogen and oxygen atoms in total. The number of anilines is 2. The minimum absolute atomic E-state index is 0.0717. The molecule has 0 saturated carbocycles. The SMILES string of the molecule is CCCNc1cncc(N2CCNC(=O)C2CC)n1. The first-order valence-electron chi connectivity index (χ1n) is 6.86. The number of carbonyl (C=O) groups is 1. The largest absolute Gasteiger partial charge is 0.369 e. The molecular formula is C13H21N5O. The number of nitrogens with zero attached hydrogens (tertiary/aromatic N) is 3. The second-order valence-corrected chi connectivity index (χ2v) is 4.60. The van der Waals surface area contributed by atoms with E-state index in [9.17, 15) is 4.79 Å². The van der Waals surface area contributed by atoms with E-state index in [0.717, 1.165) is 37.6 Å². The summed E-state index contributed by atoms with van der Waals surface area (Å²) >= 11 is 0. The summed E-state index contributed by atoms with van der Waals surface area (Å²) in [4.78, 5) is 22.6. The van der Waals surface area contributed by atoms with Crippen molar-refractivity contribution in [3.05, 3.63) is 12.4 Å². The lowest BCUT2D eigenvalue weighted by Crippen LogP contribution is -2.55. The van der Waals surface area contributed by atoms with Crippen molar-refractivity contribution in [3.63, 3.8) is 0 Å². The van der Waals surface area contributed by atoms with Crippen LogP contribution in [0.25, 0.3) is 0 Å². The highest BCUT2D eigenvalue weighted by Gasteiger charge is 2.29. The lowest BCUT2D eigenvalue weighted by molar-refractivity contribution is -0.123. The Morgan fingerprint density at radius 2 is 2.32 bits per heavy atom. The van der Waals surface area contributed by atoms with E-state index in [1.54, 1.807) is 12.4 Å². The molecule has 6 heteroatoms. The van der Waals surface area contributed by atoms with Gasteiger partial charge in [-0.05, 0) is 12.8 Å². The number of amides is 1. The first-order valence-corrected chi connectivity index (χ1v) is 6.86. The minimum atomic E-state index is -0.149. The predicted molar refractivity (Wildman–Crippen MR) is 75.2 cm³/mol. The molecule has 0 spiro atoms. The lowest BCUT2D eigenvalue weighted by Gasteiger charge is -2.35. The van der Waals surface area contributed by atoms with Gasteiger partial charge in [-0.2, -0.15) is 0 Å². The Hall–Kier alpha value is -1.85. The third kappa shape index (κ3) is 3.13. The Bertz CT molecular complexity index is 437. The number of hydrogen-bond donors (Lipinski definition) is 2. The molecular weight excluding hydrogens is 242 g/mol. The molecule has 1 aromatic heterocycles. The summed E-state index contributed by atoms with van der Waals surface area (Å²) in [6.45, 7) is 6.41. The van der Waals surface area contributed by atoms with Crippen LogP contribution in [0.2, 0.25) is 0 Å². The number of rotatable bonds is 5. The average molecular weight is 263 g/mol. The summed E-state index contributed by atoms with van der Waals surface area (Å²) in [6.07, 6.45) is 5.23. The van der Waals surface area contributed by atoms with Crippen LogP contribution in [0.1, 0.15) is 26.7 Å². The fraction of sp³-hybridized carbons (Fsp3) is 0.615. The van der Waals surface area contributed by atoms with Crippen molar-refractivity contribution in [1.82, 2.24) is 15.3 Å². The summed E-state index contributed by atoms with van der Waals surface area (Å²) in [5.41, 5.74) is 0. The fourth-order valence-electron chi connectivity index (χ4n) is 2.23. The van der Waals surface area contributed by atoms with E-state index in [4.69, 9.17) is 0 Å². The van der Waals surface area contributed by atoms with Crippen molar-refractivity contribution in [2.24, 2.45) is 0 Å². The van der Waals surface area contributed by atoms with Crippen molar-refractivity contribution in [2.45, 2.75) is 32.7 Å². The number of piperazine rings is 1. The molecule has 1 aromatic rings. The van der Waals surface area contributed by atoms with Gasteiger partial charge in [0.05, 0.1) is 12.4 Å². The molecule has 2 N–H and O–H groups in total. The second-order valence-electron chi connectivity index (χ2n) is 4.60. The van der Waals surface area contributed by atoms with Gasteiger partial charge in [-0.1, -0.05) is 13.8 Å². The topological polar surface area (TPSA) is 70.2 Å². The molecule has 0 aromatic carbocycles. The standard InChI is InChI=1S/C13H21N5O/c1-3-5-15-11-8-14-9-12(17-11)18-7-6-16-13(19)10(18)4-2/h8-10H,3-7H2,1-2H3,(H,15,17)(H,16,19). The fourth-order valence-corrected chi connectivity index (χ4v) is 2.23. The third-order valence-corrected chi connectivity index (χ3v) is 3.19. The first-order chi connectivity index (χ1) is 9.26. The van der Waals surface area contributed by atoms with E-state index in [2.05, 4.69) is 27.5 Å². The Morgan fingerprint density at radius 1 is 1.47 bits per heavy atom. The van der Waals surface area contributed by atoms with Gasteiger partial charge in [0.1, 0.15) is 17.7 Å². The number of nitrogens with one attached hydrogen (secondary N) is 2. The summed E-state index contributed by atoms with van der Waals surface area (Å²) in [5.74, 6) is 1.60. The maximum absolute atomic E-state index is 11.8. The van der Waals surface area contributed by atoms with Gasteiger partial charge >= 0.3 is 0 Å². The van der Waals surface area contributed by atoms with Crippen molar-refractivity contribution in [2.75, 3.05) is 29.9 Å². The Balaban J connectivity index is 2.17. The molecule has 1 fully saturated rings. The number of aromatic nitrogens is 2. The van der Waals surface area contributed by atoms with Crippen molar-refractivity contribution < 1.29 is 4.79 Å². The van der Waals surface area contributed by atoms with Crippen LogP contribution >= 0.6 is 0 Å². The number of carbonyl (C=O) groups excluding carboxylic acids is 1. The van der Waals surface area contributed by atoms with Crippen LogP contribution in [-0.4, -0.2) is 41.6 Å². The molecule has 1 unspecified atom stereocenters. The molecule has 1 aliphatic heterocycles. The van der Waals surface area contributed by atoms with Gasteiger partial charge in [-0.25, -0.2) is 4.98 Å². The van der Waals surface area contributed by atoms with Crippen LogP contribution in [-0.2, 0) is 4.79 Å². The summed E-state index contributed by atoms with van der Waals surface area (Å²) < 4.78 is 0. The van der Waals surface area contributed by atoms with E-state index in [1.165, 1.54) is 0 Å². The first kappa shape index (κ1) is 13.6. The molecule has 2 heterocycles. The van der Waals surface area contributed by atoms with Crippen molar-refractivity contribution in [3.8, 4) is 0 Å². The highest BCUT2D eigenvalue weighted by atomic mass is 16.2. The number of hydrogen-bond acceptors (Lipinski definition) is 5. The zero-order chi connectivity index (χ0) is 13.7. The van der Waals surface area contributed by atoms with Crippen LogP contribution in [0.4, 0.5) is 11.6 Å². The van der Waals surface area contributed by atoms with E-state index < -0.39 is 0 Å². The summed E-state index contributed by atoms with van der Waals surface area (Å²) in [6, 6.07) is -0.149. The van der Waals surface area contributed by atoms with Crippen LogP contribution < -0.4 is 15.5 Å². The monoisotopic (exact) mass is 263 g/mol. The zero-order valence-corrected chi connectivity index (χ0v) is 11.5. The van der Waals surface area contributed by atoms with Gasteiger partial charge in [-0.15, -0.1) is 0 Å². The molecule has 1 atom stereocenters. The normalized spacial score (nSPS) is 19.2. The van der Waals surface area contributed by atoms with Gasteiger partial charge in [0.15, 0.2) is 0 Å². The predicted octanol–water partition coefficient (Wildman–Crippen LogP) is 1.01. The van der Waals surface area contributed by atoms with Crippen molar-refractivity contribution >= 4 is 17.5 Å². The second kappa shape index (κ2) is 6.36.